The van der Waals surface area contributed by atoms with E-state index < -0.39 is 21.3 Å². The normalized spacial score (nSPS) is 15.6. The average Bonchev–Trinajstić information content (AvgIpc) is 3.52. The van der Waals surface area contributed by atoms with Gasteiger partial charge in [0.25, 0.3) is 0 Å². The second kappa shape index (κ2) is 9.89. The number of hydrogen-bond donors (Lipinski definition) is 0. The van der Waals surface area contributed by atoms with Crippen LogP contribution in [0.5, 0.6) is 0 Å². The molecule has 3 aliphatic carbocycles. The molecule has 1 saturated carbocycles. The third-order valence-corrected chi connectivity index (χ3v) is 17.5. The molecule has 1 fully saturated rings. The maximum absolute atomic E-state index is 2.67. The van der Waals surface area contributed by atoms with E-state index in [-0.39, 0.29) is 10.8 Å². The van der Waals surface area contributed by atoms with Crippen molar-refractivity contribution in [2.75, 3.05) is 0 Å². The minimum absolute atomic E-state index is 0.0477. The van der Waals surface area contributed by atoms with Gasteiger partial charge in [0.05, 0.1) is 0 Å². The zero-order valence-corrected chi connectivity index (χ0v) is 26.7. The molecule has 0 aliphatic heterocycles. The summed E-state index contributed by atoms with van der Waals surface area (Å²) in [5.41, 5.74) is 11.6. The number of benzene rings is 4. The van der Waals surface area contributed by atoms with E-state index in [0.717, 1.165) is 6.42 Å². The zero-order chi connectivity index (χ0) is 27.5. The van der Waals surface area contributed by atoms with Gasteiger partial charge in [0, 0.05) is 0 Å². The SMILES string of the molecule is CC(C)(c1ccccc1)c1ccc2c(c1)-c1cc(C(C)(C)c3ccccc3)c[c]([Zr]([C]3=CC=CC3)=[C]3CC3)c1C2. The first-order chi connectivity index (χ1) is 19.3. The van der Waals surface area contributed by atoms with E-state index in [4.69, 9.17) is 0 Å². The molecule has 4 aromatic carbocycles. The molecule has 0 N–H and O–H groups in total. The number of allylic oxidation sites excluding steroid dienone is 4. The van der Waals surface area contributed by atoms with Gasteiger partial charge in [-0.1, -0.05) is 0 Å². The van der Waals surface area contributed by atoms with Gasteiger partial charge in [0.2, 0.25) is 0 Å². The van der Waals surface area contributed by atoms with Gasteiger partial charge in [-0.25, -0.2) is 0 Å². The van der Waals surface area contributed by atoms with Crippen LogP contribution in [0.3, 0.4) is 0 Å². The van der Waals surface area contributed by atoms with Crippen molar-refractivity contribution in [3.63, 3.8) is 0 Å². The van der Waals surface area contributed by atoms with Gasteiger partial charge in [0.1, 0.15) is 0 Å². The summed E-state index contributed by atoms with van der Waals surface area (Å²) in [5, 5.41) is 0. The van der Waals surface area contributed by atoms with Crippen LogP contribution < -0.4 is 3.27 Å². The zero-order valence-electron chi connectivity index (χ0n) is 24.2. The van der Waals surface area contributed by atoms with Crippen LogP contribution >= 0.6 is 0 Å². The topological polar surface area (TPSA) is 0 Å². The molecule has 0 amide bonds. The van der Waals surface area contributed by atoms with Gasteiger partial charge in [0.15, 0.2) is 0 Å². The molecule has 1 heteroatoms. The van der Waals surface area contributed by atoms with E-state index in [1.54, 1.807) is 12.1 Å². The van der Waals surface area contributed by atoms with Crippen molar-refractivity contribution in [2.45, 2.75) is 64.2 Å². The summed E-state index contributed by atoms with van der Waals surface area (Å²) in [6, 6.07) is 34.7. The number of hydrogen-bond acceptors (Lipinski definition) is 0. The summed E-state index contributed by atoms with van der Waals surface area (Å²) in [7, 11) is 0. The van der Waals surface area contributed by atoms with Crippen molar-refractivity contribution >= 4 is 6.48 Å². The van der Waals surface area contributed by atoms with E-state index >= 15 is 0 Å². The van der Waals surface area contributed by atoms with E-state index in [9.17, 15) is 0 Å². The maximum atomic E-state index is 2.67. The minimum atomic E-state index is -2.11. The van der Waals surface area contributed by atoms with Gasteiger partial charge in [-0.15, -0.1) is 0 Å². The Morgan fingerprint density at radius 3 is 1.85 bits per heavy atom. The van der Waals surface area contributed by atoms with Gasteiger partial charge in [-0.05, 0) is 0 Å². The van der Waals surface area contributed by atoms with Gasteiger partial charge in [-0.3, -0.25) is 0 Å². The van der Waals surface area contributed by atoms with E-state index in [1.807, 2.05) is 3.21 Å². The molecule has 0 spiro atoms. The van der Waals surface area contributed by atoms with Crippen molar-refractivity contribution in [1.29, 1.82) is 0 Å². The Morgan fingerprint density at radius 2 is 1.25 bits per heavy atom. The molecule has 0 nitrogen and oxygen atoms in total. The predicted octanol–water partition coefficient (Wildman–Crippen LogP) is 8.96. The molecule has 0 heterocycles. The third-order valence-electron chi connectivity index (χ3n) is 9.67. The second-order valence-corrected chi connectivity index (χ2v) is 19.4. The molecule has 0 atom stereocenters. The molecule has 0 unspecified atom stereocenters. The Kier molecular flexibility index (Phi) is 6.44. The van der Waals surface area contributed by atoms with Gasteiger partial charge < -0.3 is 0 Å². The molecule has 0 saturated heterocycles. The summed E-state index contributed by atoms with van der Waals surface area (Å²) in [4.78, 5) is 0. The van der Waals surface area contributed by atoms with Crippen LogP contribution in [0.15, 0.2) is 113 Å². The molecule has 0 bridgehead atoms. The van der Waals surface area contributed by atoms with E-state index in [2.05, 4.69) is 137 Å². The standard InChI is InChI=1S/C31H29.C5H5.C3H4.Zr/c1-30(2,24-11-7-5-8-12-24)26-17-15-22-19-23-16-18-27(21-29(23)28(22)20-26)31(3,4)25-13-9-6-10-14-25;1-2-4-5-3-1;1-2-3-1;/h5-15,17-18,20-21H,19H2,1-4H3;1-3H,4H2;1-2H2;. The quantitative estimate of drug-likeness (QED) is 0.183. The molecule has 40 heavy (non-hydrogen) atoms. The molecule has 0 radical (unpaired) electrons. The Balaban J connectivity index is 1.44. The molecule has 3 aliphatic rings. The summed E-state index contributed by atoms with van der Waals surface area (Å²) in [6.45, 7) is 9.58. The predicted molar refractivity (Wildman–Crippen MR) is 168 cm³/mol. The summed E-state index contributed by atoms with van der Waals surface area (Å²) in [6.07, 6.45) is 12.1. The fourth-order valence-electron chi connectivity index (χ4n) is 6.83. The van der Waals surface area contributed by atoms with Crippen LogP contribution in [0.4, 0.5) is 0 Å². The monoisotopic (exact) mass is 596 g/mol. The van der Waals surface area contributed by atoms with Gasteiger partial charge in [-0.2, -0.15) is 0 Å². The summed E-state index contributed by atoms with van der Waals surface area (Å²) < 4.78 is 5.44. The van der Waals surface area contributed by atoms with Crippen molar-refractivity contribution in [3.05, 3.63) is 146 Å². The number of fused-ring (bicyclic) bond motifs is 3. The summed E-state index contributed by atoms with van der Waals surface area (Å²) in [5.74, 6) is 0. The van der Waals surface area contributed by atoms with Crippen LogP contribution in [-0.2, 0) is 38.5 Å². The second-order valence-electron chi connectivity index (χ2n) is 12.9. The first-order valence-electron chi connectivity index (χ1n) is 14.8. The van der Waals surface area contributed by atoms with Crippen LogP contribution in [0, 0.1) is 0 Å². The van der Waals surface area contributed by atoms with Crippen LogP contribution in [0.2, 0.25) is 0 Å². The Bertz CT molecular complexity index is 1710. The van der Waals surface area contributed by atoms with Crippen molar-refractivity contribution in [3.8, 4) is 11.1 Å². The molecular weight excluding hydrogens is 560 g/mol. The van der Waals surface area contributed by atoms with Crippen LogP contribution in [0.25, 0.3) is 11.1 Å². The molecule has 7 rings (SSSR count). The molecule has 4 aromatic rings. The number of rotatable bonds is 6. The summed E-state index contributed by atoms with van der Waals surface area (Å²) >= 11 is -2.11. The Labute approximate surface area is 247 Å². The van der Waals surface area contributed by atoms with E-state index in [0.29, 0.717) is 0 Å². The van der Waals surface area contributed by atoms with Crippen molar-refractivity contribution < 1.29 is 21.3 Å². The third kappa shape index (κ3) is 4.42. The fraction of sp³-hybridized carbons (Fsp3) is 0.256. The fourth-order valence-corrected chi connectivity index (χ4v) is 14.7. The first-order valence-corrected chi connectivity index (χ1v) is 18.5. The Hall–Kier alpha value is -2.89. The molecule has 0 aromatic heterocycles. The molecule has 198 valence electrons. The Morgan fingerprint density at radius 1 is 0.625 bits per heavy atom. The first kappa shape index (κ1) is 26.0. The van der Waals surface area contributed by atoms with E-state index in [1.165, 1.54) is 58.2 Å². The van der Waals surface area contributed by atoms with Gasteiger partial charge >= 0.3 is 249 Å². The van der Waals surface area contributed by atoms with Crippen LogP contribution in [-0.4, -0.2) is 3.21 Å². The van der Waals surface area contributed by atoms with Crippen LogP contribution in [0.1, 0.15) is 80.3 Å². The average molecular weight is 598 g/mol. The molecular formula is C39H38Zr. The van der Waals surface area contributed by atoms with Crippen molar-refractivity contribution in [2.24, 2.45) is 0 Å². The van der Waals surface area contributed by atoms with Crippen molar-refractivity contribution in [1.82, 2.24) is 0 Å².